The van der Waals surface area contributed by atoms with Crippen LogP contribution in [-0.4, -0.2) is 20.5 Å². The van der Waals surface area contributed by atoms with Crippen molar-refractivity contribution < 1.29 is 13.2 Å². The molecule has 0 bridgehead atoms. The molecule has 1 aliphatic heterocycles. The second-order valence-electron chi connectivity index (χ2n) is 4.63. The van der Waals surface area contributed by atoms with E-state index in [2.05, 4.69) is 16.2 Å². The highest BCUT2D eigenvalue weighted by atomic mass is 32.2. The lowest BCUT2D eigenvalue weighted by Crippen LogP contribution is -2.05. The molecule has 1 saturated heterocycles. The minimum Gasteiger partial charge on any atom is -0.223 e. The molecule has 1 atom stereocenters. The molecule has 3 rings (SSSR count). The van der Waals surface area contributed by atoms with Crippen LogP contribution >= 0.6 is 23.5 Å². The SMILES string of the molecule is N#C/C(=C1/SCC(c2ccc(C(F)(F)F)cc2)S1)n1cncn1. The molecule has 0 aliphatic carbocycles. The minimum atomic E-state index is -4.33. The lowest BCUT2D eigenvalue weighted by atomic mass is 10.1. The van der Waals surface area contributed by atoms with E-state index in [1.54, 1.807) is 0 Å². The number of aromatic nitrogens is 3. The van der Waals surface area contributed by atoms with Crippen LogP contribution in [0.3, 0.4) is 0 Å². The number of thioether (sulfide) groups is 2. The van der Waals surface area contributed by atoms with Crippen LogP contribution in [0.1, 0.15) is 16.4 Å². The van der Waals surface area contributed by atoms with Crippen molar-refractivity contribution in [3.63, 3.8) is 0 Å². The Balaban J connectivity index is 1.81. The average molecular weight is 354 g/mol. The first-order chi connectivity index (χ1) is 11.0. The molecule has 23 heavy (non-hydrogen) atoms. The van der Waals surface area contributed by atoms with Crippen LogP contribution in [0.25, 0.3) is 5.70 Å². The highest BCUT2D eigenvalue weighted by Gasteiger charge is 2.31. The van der Waals surface area contributed by atoms with Crippen LogP contribution in [0.2, 0.25) is 0 Å². The third-order valence-electron chi connectivity index (χ3n) is 3.17. The van der Waals surface area contributed by atoms with Crippen molar-refractivity contribution in [2.45, 2.75) is 11.4 Å². The second kappa shape index (κ2) is 6.29. The van der Waals surface area contributed by atoms with Crippen LogP contribution in [0.15, 0.2) is 41.2 Å². The van der Waals surface area contributed by atoms with Gasteiger partial charge in [0.25, 0.3) is 0 Å². The van der Waals surface area contributed by atoms with Gasteiger partial charge in [-0.2, -0.15) is 23.5 Å². The molecule has 0 radical (unpaired) electrons. The number of nitriles is 1. The molecule has 2 aromatic rings. The highest BCUT2D eigenvalue weighted by molar-refractivity contribution is 8.25. The zero-order chi connectivity index (χ0) is 16.4. The number of alkyl halides is 3. The van der Waals surface area contributed by atoms with Gasteiger partial charge < -0.3 is 0 Å². The Hall–Kier alpha value is -1.92. The minimum absolute atomic E-state index is 0.00385. The lowest BCUT2D eigenvalue weighted by Gasteiger charge is -2.10. The summed E-state index contributed by atoms with van der Waals surface area (Å²) in [5.41, 5.74) is 0.529. The van der Waals surface area contributed by atoms with Gasteiger partial charge >= 0.3 is 6.18 Å². The fraction of sp³-hybridized carbons (Fsp3) is 0.214. The molecule has 0 spiro atoms. The van der Waals surface area contributed by atoms with Gasteiger partial charge in [0, 0.05) is 11.0 Å². The largest absolute Gasteiger partial charge is 0.416 e. The Labute approximate surface area is 138 Å². The number of rotatable bonds is 2. The van der Waals surface area contributed by atoms with Crippen molar-refractivity contribution >= 4 is 29.2 Å². The number of hydrogen-bond acceptors (Lipinski definition) is 5. The second-order valence-corrected chi connectivity index (χ2v) is 7.13. The maximum absolute atomic E-state index is 12.6. The Morgan fingerprint density at radius 3 is 2.61 bits per heavy atom. The molecule has 1 aromatic heterocycles. The van der Waals surface area contributed by atoms with Crippen LogP contribution in [0, 0.1) is 11.3 Å². The molecule has 0 N–H and O–H groups in total. The molecule has 1 fully saturated rings. The summed E-state index contributed by atoms with van der Waals surface area (Å²) in [7, 11) is 0. The number of benzene rings is 1. The first-order valence-corrected chi connectivity index (χ1v) is 8.31. The molecule has 0 saturated carbocycles. The molecule has 9 heteroatoms. The summed E-state index contributed by atoms with van der Waals surface area (Å²) < 4.78 is 40.0. The van der Waals surface area contributed by atoms with Gasteiger partial charge in [-0.15, -0.1) is 23.5 Å². The molecular weight excluding hydrogens is 345 g/mol. The first kappa shape index (κ1) is 16.0. The van der Waals surface area contributed by atoms with Crippen LogP contribution in [0.5, 0.6) is 0 Å². The van der Waals surface area contributed by atoms with Crippen molar-refractivity contribution in [1.82, 2.24) is 14.8 Å². The van der Waals surface area contributed by atoms with Crippen molar-refractivity contribution in [1.29, 1.82) is 5.26 Å². The van der Waals surface area contributed by atoms with Crippen LogP contribution < -0.4 is 0 Å². The highest BCUT2D eigenvalue weighted by Crippen LogP contribution is 2.52. The van der Waals surface area contributed by atoms with E-state index in [4.69, 9.17) is 0 Å². The normalized spacial score (nSPS) is 20.3. The standard InChI is InChI=1S/C14H9F3N4S2/c15-14(16,17)10-3-1-9(2-4-10)12-6-22-13(23-12)11(5-18)21-8-19-7-20-21/h1-4,7-8,12H,6H2/b13-11+. The van der Waals surface area contributed by atoms with Gasteiger partial charge in [-0.25, -0.2) is 9.67 Å². The fourth-order valence-electron chi connectivity index (χ4n) is 2.04. The molecule has 1 unspecified atom stereocenters. The summed E-state index contributed by atoms with van der Waals surface area (Å²) in [6, 6.07) is 7.26. The molecule has 0 amide bonds. The van der Waals surface area contributed by atoms with E-state index in [0.29, 0.717) is 11.4 Å². The van der Waals surface area contributed by atoms with E-state index < -0.39 is 11.7 Å². The third-order valence-corrected chi connectivity index (χ3v) is 6.11. The lowest BCUT2D eigenvalue weighted by molar-refractivity contribution is -0.137. The van der Waals surface area contributed by atoms with Gasteiger partial charge in [-0.3, -0.25) is 0 Å². The van der Waals surface area contributed by atoms with Crippen molar-refractivity contribution in [2.24, 2.45) is 0 Å². The molecule has 2 heterocycles. The maximum atomic E-state index is 12.6. The number of halogens is 3. The predicted molar refractivity (Wildman–Crippen MR) is 83.1 cm³/mol. The van der Waals surface area contributed by atoms with E-state index in [-0.39, 0.29) is 5.25 Å². The van der Waals surface area contributed by atoms with Crippen molar-refractivity contribution in [3.05, 3.63) is 52.3 Å². The smallest absolute Gasteiger partial charge is 0.223 e. The average Bonchev–Trinajstić information content (AvgIpc) is 3.19. The van der Waals surface area contributed by atoms with Gasteiger partial charge in [-0.1, -0.05) is 12.1 Å². The van der Waals surface area contributed by atoms with Crippen LogP contribution in [0.4, 0.5) is 13.2 Å². The Bertz CT molecular complexity index is 761. The first-order valence-electron chi connectivity index (χ1n) is 6.45. The maximum Gasteiger partial charge on any atom is 0.416 e. The molecule has 118 valence electrons. The molecule has 1 aromatic carbocycles. The fourth-order valence-corrected chi connectivity index (χ4v) is 4.91. The Kier molecular flexibility index (Phi) is 4.37. The Morgan fingerprint density at radius 2 is 2.04 bits per heavy atom. The summed E-state index contributed by atoms with van der Waals surface area (Å²) in [6.45, 7) is 0. The van der Waals surface area contributed by atoms with E-state index >= 15 is 0 Å². The third kappa shape index (κ3) is 3.38. The van der Waals surface area contributed by atoms with E-state index in [9.17, 15) is 18.4 Å². The number of allylic oxidation sites excluding steroid dienone is 1. The quantitative estimate of drug-likeness (QED) is 0.758. The molecule has 1 aliphatic rings. The topological polar surface area (TPSA) is 54.5 Å². The molecule has 4 nitrogen and oxygen atoms in total. The number of hydrogen-bond donors (Lipinski definition) is 0. The summed E-state index contributed by atoms with van der Waals surface area (Å²) in [5, 5.41) is 13.2. The monoisotopic (exact) mass is 354 g/mol. The zero-order valence-electron chi connectivity index (χ0n) is 11.5. The zero-order valence-corrected chi connectivity index (χ0v) is 13.1. The number of nitrogens with zero attached hydrogens (tertiary/aromatic N) is 4. The Morgan fingerprint density at radius 1 is 1.30 bits per heavy atom. The van der Waals surface area contributed by atoms with Gasteiger partial charge in [0.1, 0.15) is 18.7 Å². The van der Waals surface area contributed by atoms with Crippen LogP contribution in [-0.2, 0) is 6.18 Å². The van der Waals surface area contributed by atoms with Crippen molar-refractivity contribution in [3.8, 4) is 6.07 Å². The molecular formula is C14H9F3N4S2. The van der Waals surface area contributed by atoms with Gasteiger partial charge in [-0.05, 0) is 17.7 Å². The predicted octanol–water partition coefficient (Wildman–Crippen LogP) is 4.17. The van der Waals surface area contributed by atoms with Gasteiger partial charge in [0.15, 0.2) is 5.70 Å². The van der Waals surface area contributed by atoms with Gasteiger partial charge in [0.2, 0.25) is 0 Å². The summed E-state index contributed by atoms with van der Waals surface area (Å²) in [4.78, 5) is 3.81. The van der Waals surface area contributed by atoms with Crippen molar-refractivity contribution in [2.75, 3.05) is 5.75 Å². The van der Waals surface area contributed by atoms with E-state index in [0.717, 1.165) is 21.9 Å². The van der Waals surface area contributed by atoms with Gasteiger partial charge in [0.05, 0.1) is 9.80 Å². The summed E-state index contributed by atoms with van der Waals surface area (Å²) in [5.74, 6) is 0.686. The summed E-state index contributed by atoms with van der Waals surface area (Å²) >= 11 is 2.95. The summed E-state index contributed by atoms with van der Waals surface area (Å²) in [6.07, 6.45) is -1.55. The van der Waals surface area contributed by atoms with E-state index in [1.807, 2.05) is 0 Å². The van der Waals surface area contributed by atoms with E-state index in [1.165, 1.54) is 53.0 Å².